The number of carbonyl (C=O) groups is 2. The number of fused-ring (bicyclic) bond motifs is 2. The molecule has 2 fully saturated rings. The third-order valence-corrected chi connectivity index (χ3v) is 7.56. The summed E-state index contributed by atoms with van der Waals surface area (Å²) < 4.78 is 0. The smallest absolute Gasteiger partial charge is 0.290 e. The Balaban J connectivity index is 0.000000821. The number of nitrogens with zero attached hydrogens (tertiary/aromatic N) is 3. The first-order chi connectivity index (χ1) is 16.0. The van der Waals surface area contributed by atoms with Gasteiger partial charge in [-0.1, -0.05) is 30.3 Å². The van der Waals surface area contributed by atoms with Crippen molar-refractivity contribution < 1.29 is 14.7 Å². The van der Waals surface area contributed by atoms with E-state index in [0.29, 0.717) is 6.04 Å². The van der Waals surface area contributed by atoms with Crippen LogP contribution in [0.1, 0.15) is 56.7 Å². The van der Waals surface area contributed by atoms with E-state index in [9.17, 15) is 4.79 Å². The lowest BCUT2D eigenvalue weighted by atomic mass is 9.76. The molecule has 0 radical (unpaired) electrons. The molecule has 1 aromatic carbocycles. The largest absolute Gasteiger partial charge is 0.483 e. The van der Waals surface area contributed by atoms with Gasteiger partial charge < -0.3 is 16.2 Å². The van der Waals surface area contributed by atoms with Crippen LogP contribution in [0.5, 0.6) is 0 Å². The van der Waals surface area contributed by atoms with Gasteiger partial charge in [0.15, 0.2) is 5.82 Å². The molecule has 8 nitrogen and oxygen atoms in total. The predicted molar refractivity (Wildman–Crippen MR) is 127 cm³/mol. The molecule has 2 aromatic rings. The van der Waals surface area contributed by atoms with Crippen LogP contribution in [0.15, 0.2) is 30.3 Å². The van der Waals surface area contributed by atoms with Gasteiger partial charge in [0.2, 0.25) is 5.91 Å². The van der Waals surface area contributed by atoms with Gasteiger partial charge in [0, 0.05) is 22.6 Å². The molecule has 33 heavy (non-hydrogen) atoms. The lowest BCUT2D eigenvalue weighted by Crippen LogP contribution is -2.50. The van der Waals surface area contributed by atoms with E-state index in [1.165, 1.54) is 30.5 Å². The highest BCUT2D eigenvalue weighted by Gasteiger charge is 2.45. The maximum absolute atomic E-state index is 11.6. The number of benzene rings is 1. The van der Waals surface area contributed by atoms with Crippen molar-refractivity contribution in [2.45, 2.75) is 69.4 Å². The number of aromatic nitrogens is 2. The average Bonchev–Trinajstić information content (AvgIpc) is 3.15. The van der Waals surface area contributed by atoms with Gasteiger partial charge in [-0.2, -0.15) is 0 Å². The van der Waals surface area contributed by atoms with Crippen molar-refractivity contribution in [3.8, 4) is 11.4 Å². The molecule has 1 aromatic heterocycles. The highest BCUT2D eigenvalue weighted by atomic mass is 16.3. The molecule has 2 heterocycles. The molecule has 0 bridgehead atoms. The summed E-state index contributed by atoms with van der Waals surface area (Å²) >= 11 is 0. The van der Waals surface area contributed by atoms with Crippen molar-refractivity contribution in [2.75, 3.05) is 18.4 Å². The summed E-state index contributed by atoms with van der Waals surface area (Å²) in [6.07, 6.45) is 7.94. The second kappa shape index (κ2) is 9.87. The molecule has 1 unspecified atom stereocenters. The topological polar surface area (TPSA) is 121 Å². The van der Waals surface area contributed by atoms with Crippen LogP contribution in [0.3, 0.4) is 0 Å². The Hall–Kier alpha value is -3.00. The minimum atomic E-state index is -0.250. The summed E-state index contributed by atoms with van der Waals surface area (Å²) in [4.78, 5) is 32.4. The molecule has 4 N–H and O–H groups in total. The molecule has 1 amide bonds. The number of rotatable bonds is 5. The Kier molecular flexibility index (Phi) is 6.93. The summed E-state index contributed by atoms with van der Waals surface area (Å²) in [6.45, 7) is 3.44. The summed E-state index contributed by atoms with van der Waals surface area (Å²) in [7, 11) is 0. The molecule has 176 valence electrons. The third-order valence-electron chi connectivity index (χ3n) is 7.56. The zero-order valence-electron chi connectivity index (χ0n) is 19.2. The zero-order chi connectivity index (χ0) is 23.4. The first-order valence-corrected chi connectivity index (χ1v) is 11.8. The van der Waals surface area contributed by atoms with Crippen molar-refractivity contribution >= 4 is 18.2 Å². The standard InChI is InChI=1S/C24H31N5O.CH2O2/c1-16(21(25)30)29-14-12-24(13-15-29)11-10-19-20(24)27-22(17-6-3-2-4-7-17)28-23(19)26-18-8-5-9-18;2-1-3/h2-4,6-7,16,18H,5,8-15H2,1H3,(H2,25,30)(H,26,27,28);1H,(H,2,3). The molecule has 1 spiro atoms. The number of amides is 1. The number of likely N-dealkylation sites (tertiary alicyclic amines) is 1. The highest BCUT2D eigenvalue weighted by molar-refractivity contribution is 5.79. The lowest BCUT2D eigenvalue weighted by Gasteiger charge is -2.41. The van der Waals surface area contributed by atoms with Crippen molar-refractivity contribution in [1.29, 1.82) is 0 Å². The monoisotopic (exact) mass is 451 g/mol. The van der Waals surface area contributed by atoms with Gasteiger partial charge in [-0.25, -0.2) is 9.97 Å². The molecule has 8 heteroatoms. The SMILES string of the molecule is CC(C(N)=O)N1CCC2(CCc3c(NC4CCC4)nc(-c4ccccc4)nc32)CC1.O=CO. The molecule has 1 atom stereocenters. The van der Waals surface area contributed by atoms with Crippen LogP contribution in [0.2, 0.25) is 0 Å². The van der Waals surface area contributed by atoms with Crippen LogP contribution in [-0.4, -0.2) is 57.5 Å². The second-order valence-corrected chi connectivity index (χ2v) is 9.36. The Morgan fingerprint density at radius 3 is 2.45 bits per heavy atom. The van der Waals surface area contributed by atoms with Crippen LogP contribution in [0, 0.1) is 0 Å². The van der Waals surface area contributed by atoms with E-state index in [4.69, 9.17) is 25.6 Å². The van der Waals surface area contributed by atoms with E-state index in [-0.39, 0.29) is 23.8 Å². The number of nitrogens with two attached hydrogens (primary N) is 1. The van der Waals surface area contributed by atoms with Crippen molar-refractivity contribution in [2.24, 2.45) is 5.73 Å². The van der Waals surface area contributed by atoms with E-state index in [1.807, 2.05) is 25.1 Å². The zero-order valence-corrected chi connectivity index (χ0v) is 19.2. The first-order valence-electron chi connectivity index (χ1n) is 11.8. The van der Waals surface area contributed by atoms with E-state index < -0.39 is 0 Å². The quantitative estimate of drug-likeness (QED) is 0.598. The minimum absolute atomic E-state index is 0.0890. The van der Waals surface area contributed by atoms with E-state index >= 15 is 0 Å². The normalized spacial score (nSPS) is 20.2. The van der Waals surface area contributed by atoms with Gasteiger partial charge in [0.05, 0.1) is 11.7 Å². The molecule has 5 rings (SSSR count). The Labute approximate surface area is 194 Å². The van der Waals surface area contributed by atoms with Crippen LogP contribution in [0.4, 0.5) is 5.82 Å². The van der Waals surface area contributed by atoms with Gasteiger partial charge in [-0.05, 0) is 65.0 Å². The highest BCUT2D eigenvalue weighted by Crippen LogP contribution is 2.48. The number of hydrogen-bond acceptors (Lipinski definition) is 6. The number of piperidine rings is 1. The second-order valence-electron chi connectivity index (χ2n) is 9.36. The lowest BCUT2D eigenvalue weighted by molar-refractivity contribution is -0.124. The fourth-order valence-electron chi connectivity index (χ4n) is 5.23. The summed E-state index contributed by atoms with van der Waals surface area (Å²) in [5, 5.41) is 10.6. The first kappa shape index (κ1) is 23.2. The molecule has 3 aliphatic rings. The summed E-state index contributed by atoms with van der Waals surface area (Å²) in [5.41, 5.74) is 9.26. The molecule has 1 aliphatic heterocycles. The van der Waals surface area contributed by atoms with E-state index in [2.05, 4.69) is 22.3 Å². The van der Waals surface area contributed by atoms with Gasteiger partial charge >= 0.3 is 0 Å². The van der Waals surface area contributed by atoms with Crippen molar-refractivity contribution in [1.82, 2.24) is 14.9 Å². The number of primary amides is 1. The Morgan fingerprint density at radius 1 is 1.21 bits per heavy atom. The maximum atomic E-state index is 11.6. The Bertz CT molecular complexity index is 985. The van der Waals surface area contributed by atoms with E-state index in [0.717, 1.165) is 56.0 Å². The van der Waals surface area contributed by atoms with Crippen molar-refractivity contribution in [3.05, 3.63) is 41.6 Å². The molecule has 2 aliphatic carbocycles. The molecule has 1 saturated heterocycles. The van der Waals surface area contributed by atoms with Gasteiger partial charge in [0.25, 0.3) is 6.47 Å². The molecule has 1 saturated carbocycles. The van der Waals surface area contributed by atoms with Crippen molar-refractivity contribution in [3.63, 3.8) is 0 Å². The van der Waals surface area contributed by atoms with Crippen LogP contribution in [0.25, 0.3) is 11.4 Å². The van der Waals surface area contributed by atoms with Crippen LogP contribution >= 0.6 is 0 Å². The maximum Gasteiger partial charge on any atom is 0.290 e. The molecular weight excluding hydrogens is 418 g/mol. The van der Waals surface area contributed by atoms with Crippen LogP contribution < -0.4 is 11.1 Å². The summed E-state index contributed by atoms with van der Waals surface area (Å²) in [6, 6.07) is 10.6. The minimum Gasteiger partial charge on any atom is -0.483 e. The number of hydrogen-bond donors (Lipinski definition) is 3. The number of nitrogens with one attached hydrogen (secondary N) is 1. The van der Waals surface area contributed by atoms with Crippen LogP contribution in [-0.2, 0) is 21.4 Å². The van der Waals surface area contributed by atoms with Gasteiger partial charge in [0.1, 0.15) is 5.82 Å². The number of carboxylic acid groups (broad SMARTS) is 1. The number of carbonyl (C=O) groups excluding carboxylic acids is 1. The molecular formula is C25H33N5O3. The fraction of sp³-hybridized carbons (Fsp3) is 0.520. The van der Waals surface area contributed by atoms with E-state index in [1.54, 1.807) is 0 Å². The Morgan fingerprint density at radius 2 is 1.88 bits per heavy atom. The van der Waals surface area contributed by atoms with Gasteiger partial charge in [-0.3, -0.25) is 14.5 Å². The average molecular weight is 452 g/mol. The predicted octanol–water partition coefficient (Wildman–Crippen LogP) is 2.96. The fourth-order valence-corrected chi connectivity index (χ4v) is 5.23. The summed E-state index contributed by atoms with van der Waals surface area (Å²) in [5.74, 6) is 1.64. The van der Waals surface area contributed by atoms with Gasteiger partial charge in [-0.15, -0.1) is 0 Å². The third kappa shape index (κ3) is 4.71. The number of anilines is 1.